The van der Waals surface area contributed by atoms with Crippen LogP contribution in [0.25, 0.3) is 0 Å². The van der Waals surface area contributed by atoms with E-state index in [1.54, 1.807) is 7.05 Å². The molecule has 3 heteroatoms. The Morgan fingerprint density at radius 2 is 1.86 bits per heavy atom. The van der Waals surface area contributed by atoms with Gasteiger partial charge in [0, 0.05) is 13.6 Å². The average Bonchev–Trinajstić information content (AvgIpc) is 2.06. The molecule has 0 aliphatic heterocycles. The van der Waals surface area contributed by atoms with E-state index in [9.17, 15) is 0 Å². The van der Waals surface area contributed by atoms with Gasteiger partial charge in [-0.25, -0.2) is 0 Å². The van der Waals surface area contributed by atoms with Crippen LogP contribution in [0.1, 0.15) is 19.4 Å². The van der Waals surface area contributed by atoms with Gasteiger partial charge in [-0.15, -0.1) is 0 Å². The van der Waals surface area contributed by atoms with Crippen LogP contribution in [0, 0.1) is 0 Å². The highest BCUT2D eigenvalue weighted by Gasteiger charge is 1.99. The number of hydrogen-bond donors (Lipinski definition) is 1. The van der Waals surface area contributed by atoms with Crippen molar-refractivity contribution in [3.63, 3.8) is 0 Å². The molecule has 1 N–H and O–H groups in total. The Balaban J connectivity index is 2.59. The van der Waals surface area contributed by atoms with Crippen LogP contribution in [0.15, 0.2) is 24.3 Å². The van der Waals surface area contributed by atoms with Crippen molar-refractivity contribution >= 4 is 0 Å². The third kappa shape index (κ3) is 3.77. The van der Waals surface area contributed by atoms with Gasteiger partial charge >= 0.3 is 0 Å². The summed E-state index contributed by atoms with van der Waals surface area (Å²) in [7, 11) is 1.62. The highest BCUT2D eigenvalue weighted by molar-refractivity contribution is 5.27. The maximum atomic E-state index is 9.02. The molecule has 0 unspecified atom stereocenters. The van der Waals surface area contributed by atoms with Crippen LogP contribution in [0.5, 0.6) is 5.75 Å². The van der Waals surface area contributed by atoms with Gasteiger partial charge in [0.1, 0.15) is 5.75 Å². The van der Waals surface area contributed by atoms with Crippen LogP contribution < -0.4 is 4.74 Å². The molecule has 3 nitrogen and oxygen atoms in total. The van der Waals surface area contributed by atoms with E-state index < -0.39 is 0 Å². The van der Waals surface area contributed by atoms with Crippen LogP contribution in [0.4, 0.5) is 0 Å². The number of rotatable bonds is 4. The fourth-order valence-electron chi connectivity index (χ4n) is 1.21. The second kappa shape index (κ2) is 4.98. The molecule has 0 fully saturated rings. The molecule has 1 aromatic rings. The fraction of sp³-hybridized carbons (Fsp3) is 0.455. The second-order valence-electron chi connectivity index (χ2n) is 3.63. The van der Waals surface area contributed by atoms with Gasteiger partial charge in [-0.3, -0.25) is 0 Å². The summed E-state index contributed by atoms with van der Waals surface area (Å²) in [5, 5.41) is 10.2. The van der Waals surface area contributed by atoms with Gasteiger partial charge in [0.05, 0.1) is 6.10 Å². The Hall–Kier alpha value is -1.06. The summed E-state index contributed by atoms with van der Waals surface area (Å²) in [5.41, 5.74) is 1.06. The van der Waals surface area contributed by atoms with E-state index in [1.165, 1.54) is 0 Å². The predicted octanol–water partition coefficient (Wildman–Crippen LogP) is 2.29. The van der Waals surface area contributed by atoms with Crippen LogP contribution in [-0.2, 0) is 6.54 Å². The molecule has 0 atom stereocenters. The molecular formula is C11H17NO2. The fourth-order valence-corrected chi connectivity index (χ4v) is 1.21. The van der Waals surface area contributed by atoms with Crippen molar-refractivity contribution in [3.05, 3.63) is 29.8 Å². The molecule has 0 aliphatic carbocycles. The van der Waals surface area contributed by atoms with Gasteiger partial charge in [0.2, 0.25) is 0 Å². The zero-order valence-electron chi connectivity index (χ0n) is 8.90. The molecule has 78 valence electrons. The van der Waals surface area contributed by atoms with Gasteiger partial charge in [-0.2, -0.15) is 5.06 Å². The number of benzene rings is 1. The maximum absolute atomic E-state index is 9.02. The van der Waals surface area contributed by atoms with E-state index in [0.717, 1.165) is 16.4 Å². The molecule has 0 amide bonds. The molecule has 1 rings (SSSR count). The predicted molar refractivity (Wildman–Crippen MR) is 55.5 cm³/mol. The molecule has 0 saturated carbocycles. The average molecular weight is 195 g/mol. The van der Waals surface area contributed by atoms with Gasteiger partial charge in [0.25, 0.3) is 0 Å². The lowest BCUT2D eigenvalue weighted by atomic mass is 10.2. The molecule has 0 saturated heterocycles. The summed E-state index contributed by atoms with van der Waals surface area (Å²) in [6.07, 6.45) is 0.196. The number of ether oxygens (including phenoxy) is 1. The van der Waals surface area contributed by atoms with Crippen molar-refractivity contribution in [2.75, 3.05) is 7.05 Å². The molecule has 0 aromatic heterocycles. The highest BCUT2D eigenvalue weighted by Crippen LogP contribution is 2.14. The molecule has 0 bridgehead atoms. The Labute approximate surface area is 84.9 Å². The van der Waals surface area contributed by atoms with Crippen molar-refractivity contribution in [1.82, 2.24) is 5.06 Å². The molecule has 0 aliphatic rings. The summed E-state index contributed by atoms with van der Waals surface area (Å²) in [6.45, 7) is 4.52. The third-order valence-corrected chi connectivity index (χ3v) is 1.71. The van der Waals surface area contributed by atoms with E-state index >= 15 is 0 Å². The Morgan fingerprint density at radius 1 is 1.29 bits per heavy atom. The monoisotopic (exact) mass is 195 g/mol. The highest BCUT2D eigenvalue weighted by atomic mass is 16.5. The minimum absolute atomic E-state index is 0.196. The Bertz CT molecular complexity index is 238. The van der Waals surface area contributed by atoms with Crippen molar-refractivity contribution in [1.29, 1.82) is 0 Å². The van der Waals surface area contributed by atoms with Gasteiger partial charge in [0.15, 0.2) is 0 Å². The van der Waals surface area contributed by atoms with Crippen LogP contribution in [-0.4, -0.2) is 23.4 Å². The quantitative estimate of drug-likeness (QED) is 0.748. The first-order valence-electron chi connectivity index (χ1n) is 4.73. The number of nitrogens with zero attached hydrogens (tertiary/aromatic N) is 1. The Kier molecular flexibility index (Phi) is 3.92. The van der Waals surface area contributed by atoms with Gasteiger partial charge < -0.3 is 9.94 Å². The summed E-state index contributed by atoms with van der Waals surface area (Å²) in [6, 6.07) is 7.73. The largest absolute Gasteiger partial charge is 0.491 e. The normalized spacial score (nSPS) is 11.0. The van der Waals surface area contributed by atoms with Crippen molar-refractivity contribution in [2.45, 2.75) is 26.5 Å². The lowest BCUT2D eigenvalue weighted by Crippen LogP contribution is -2.11. The van der Waals surface area contributed by atoms with Crippen molar-refractivity contribution < 1.29 is 9.94 Å². The van der Waals surface area contributed by atoms with E-state index in [2.05, 4.69) is 0 Å². The minimum atomic E-state index is 0.196. The Morgan fingerprint density at radius 3 is 2.29 bits per heavy atom. The summed E-state index contributed by atoms with van der Waals surface area (Å²) in [4.78, 5) is 0. The molecule has 1 aromatic carbocycles. The number of hydrogen-bond acceptors (Lipinski definition) is 3. The third-order valence-electron chi connectivity index (χ3n) is 1.71. The van der Waals surface area contributed by atoms with E-state index in [-0.39, 0.29) is 6.10 Å². The zero-order valence-corrected chi connectivity index (χ0v) is 8.90. The van der Waals surface area contributed by atoms with Crippen molar-refractivity contribution in [3.8, 4) is 5.75 Å². The standard InChI is InChI=1S/C11H17NO2/c1-9(2)14-11-6-4-10(5-7-11)8-12(3)13/h4-7,9,13H,8H2,1-3H3. The summed E-state index contributed by atoms with van der Waals surface area (Å²) < 4.78 is 5.50. The lowest BCUT2D eigenvalue weighted by Gasteiger charge is -2.11. The molecular weight excluding hydrogens is 178 g/mol. The topological polar surface area (TPSA) is 32.7 Å². The summed E-state index contributed by atoms with van der Waals surface area (Å²) >= 11 is 0. The first-order valence-corrected chi connectivity index (χ1v) is 4.73. The minimum Gasteiger partial charge on any atom is -0.491 e. The van der Waals surface area contributed by atoms with E-state index in [0.29, 0.717) is 6.54 Å². The van der Waals surface area contributed by atoms with E-state index in [4.69, 9.17) is 9.94 Å². The first-order chi connectivity index (χ1) is 6.58. The van der Waals surface area contributed by atoms with Crippen LogP contribution in [0.3, 0.4) is 0 Å². The molecule has 0 radical (unpaired) electrons. The van der Waals surface area contributed by atoms with Crippen molar-refractivity contribution in [2.24, 2.45) is 0 Å². The molecule has 0 spiro atoms. The molecule has 14 heavy (non-hydrogen) atoms. The van der Waals surface area contributed by atoms with Crippen LogP contribution >= 0.6 is 0 Å². The smallest absolute Gasteiger partial charge is 0.119 e. The van der Waals surface area contributed by atoms with Crippen LogP contribution in [0.2, 0.25) is 0 Å². The lowest BCUT2D eigenvalue weighted by molar-refractivity contribution is -0.0731. The van der Waals surface area contributed by atoms with Gasteiger partial charge in [-0.1, -0.05) is 12.1 Å². The number of hydroxylamine groups is 2. The first kappa shape index (κ1) is 11.0. The second-order valence-corrected chi connectivity index (χ2v) is 3.63. The molecule has 0 heterocycles. The SMILES string of the molecule is CC(C)Oc1ccc(CN(C)O)cc1. The van der Waals surface area contributed by atoms with Gasteiger partial charge in [-0.05, 0) is 31.5 Å². The summed E-state index contributed by atoms with van der Waals surface area (Å²) in [5.74, 6) is 0.865. The maximum Gasteiger partial charge on any atom is 0.119 e. The zero-order chi connectivity index (χ0) is 10.6. The van der Waals surface area contributed by atoms with E-state index in [1.807, 2.05) is 38.1 Å².